The number of aryl methyl sites for hydroxylation is 1. The number of hydrogen-bond acceptors (Lipinski definition) is 4. The van der Waals surface area contributed by atoms with Crippen LogP contribution in [0.3, 0.4) is 0 Å². The van der Waals surface area contributed by atoms with E-state index in [9.17, 15) is 9.59 Å². The molecule has 2 N–H and O–H groups in total. The summed E-state index contributed by atoms with van der Waals surface area (Å²) in [6, 6.07) is 1.84. The second kappa shape index (κ2) is 6.33. The van der Waals surface area contributed by atoms with Crippen molar-refractivity contribution in [1.29, 1.82) is 0 Å². The smallest absolute Gasteiger partial charge is 0.332 e. The molecule has 1 aliphatic rings. The van der Waals surface area contributed by atoms with Gasteiger partial charge in [-0.05, 0) is 25.3 Å². The standard InChI is InChI=1S/C12H17N3O4/c16-11(9-3-4-10(19-9)12(17)18)13-5-1-7-15-8-2-6-14-15/h2,6,8-10H,1,3-5,7H2,(H,13,16)(H,17,18). The van der Waals surface area contributed by atoms with Crippen molar-refractivity contribution in [3.05, 3.63) is 18.5 Å². The third kappa shape index (κ3) is 3.78. The Morgan fingerprint density at radius 3 is 2.84 bits per heavy atom. The molecule has 1 aromatic rings. The van der Waals surface area contributed by atoms with Gasteiger partial charge in [-0.2, -0.15) is 5.10 Å². The second-order valence-electron chi connectivity index (χ2n) is 4.44. The van der Waals surface area contributed by atoms with E-state index in [1.807, 2.05) is 12.3 Å². The highest BCUT2D eigenvalue weighted by atomic mass is 16.5. The number of carbonyl (C=O) groups is 2. The summed E-state index contributed by atoms with van der Waals surface area (Å²) >= 11 is 0. The number of amides is 1. The van der Waals surface area contributed by atoms with Crippen molar-refractivity contribution in [2.45, 2.75) is 38.0 Å². The SMILES string of the molecule is O=C(O)C1CCC(C(=O)NCCCn2cccn2)O1. The summed E-state index contributed by atoms with van der Waals surface area (Å²) in [5, 5.41) is 15.6. The Hall–Kier alpha value is -1.89. The number of aliphatic carboxylic acids is 1. The third-order valence-corrected chi connectivity index (χ3v) is 3.01. The summed E-state index contributed by atoms with van der Waals surface area (Å²) in [7, 11) is 0. The lowest BCUT2D eigenvalue weighted by atomic mass is 10.2. The van der Waals surface area contributed by atoms with E-state index in [1.54, 1.807) is 10.9 Å². The fraction of sp³-hybridized carbons (Fsp3) is 0.583. The number of nitrogens with one attached hydrogen (secondary N) is 1. The quantitative estimate of drug-likeness (QED) is 0.709. The van der Waals surface area contributed by atoms with E-state index in [-0.39, 0.29) is 5.91 Å². The predicted octanol–water partition coefficient (Wildman–Crippen LogP) is 0.0216. The maximum atomic E-state index is 11.7. The Morgan fingerprint density at radius 1 is 1.42 bits per heavy atom. The molecular weight excluding hydrogens is 250 g/mol. The highest BCUT2D eigenvalue weighted by Gasteiger charge is 2.34. The lowest BCUT2D eigenvalue weighted by Crippen LogP contribution is -2.36. The van der Waals surface area contributed by atoms with E-state index in [0.29, 0.717) is 19.4 Å². The summed E-state index contributed by atoms with van der Waals surface area (Å²) in [6.45, 7) is 1.26. The van der Waals surface area contributed by atoms with Gasteiger partial charge >= 0.3 is 5.97 Å². The van der Waals surface area contributed by atoms with Crippen molar-refractivity contribution in [1.82, 2.24) is 15.1 Å². The van der Waals surface area contributed by atoms with Crippen LogP contribution in [-0.2, 0) is 20.9 Å². The molecule has 7 nitrogen and oxygen atoms in total. The van der Waals surface area contributed by atoms with Crippen molar-refractivity contribution in [3.8, 4) is 0 Å². The van der Waals surface area contributed by atoms with E-state index in [4.69, 9.17) is 9.84 Å². The first kappa shape index (κ1) is 13.5. The van der Waals surface area contributed by atoms with Crippen LogP contribution in [0.5, 0.6) is 0 Å². The Balaban J connectivity index is 1.63. The molecule has 0 saturated carbocycles. The van der Waals surface area contributed by atoms with Gasteiger partial charge < -0.3 is 15.2 Å². The first-order valence-electron chi connectivity index (χ1n) is 6.30. The molecule has 19 heavy (non-hydrogen) atoms. The number of aromatic nitrogens is 2. The molecule has 0 bridgehead atoms. The summed E-state index contributed by atoms with van der Waals surface area (Å²) in [5.74, 6) is -1.24. The fourth-order valence-electron chi connectivity index (χ4n) is 2.01. The molecule has 0 aliphatic carbocycles. The zero-order chi connectivity index (χ0) is 13.7. The Bertz CT molecular complexity index is 432. The van der Waals surface area contributed by atoms with Crippen LogP contribution in [0.1, 0.15) is 19.3 Å². The number of hydrogen-bond donors (Lipinski definition) is 2. The molecule has 1 fully saturated rings. The van der Waals surface area contributed by atoms with E-state index >= 15 is 0 Å². The molecule has 1 aromatic heterocycles. The first-order chi connectivity index (χ1) is 9.16. The van der Waals surface area contributed by atoms with Gasteiger partial charge in [0.25, 0.3) is 0 Å². The molecule has 2 heterocycles. The summed E-state index contributed by atoms with van der Waals surface area (Å²) in [4.78, 5) is 22.4. The van der Waals surface area contributed by atoms with Crippen LogP contribution in [-0.4, -0.2) is 45.5 Å². The molecule has 1 amide bonds. The Kier molecular flexibility index (Phi) is 4.51. The third-order valence-electron chi connectivity index (χ3n) is 3.01. The zero-order valence-electron chi connectivity index (χ0n) is 10.5. The van der Waals surface area contributed by atoms with Gasteiger partial charge in [-0.15, -0.1) is 0 Å². The zero-order valence-corrected chi connectivity index (χ0v) is 10.5. The van der Waals surface area contributed by atoms with E-state index < -0.39 is 18.2 Å². The highest BCUT2D eigenvalue weighted by Crippen LogP contribution is 2.19. The van der Waals surface area contributed by atoms with Crippen LogP contribution in [0.15, 0.2) is 18.5 Å². The molecule has 0 aromatic carbocycles. The molecular formula is C12H17N3O4. The molecule has 1 saturated heterocycles. The number of rotatable bonds is 6. The normalized spacial score (nSPS) is 22.3. The second-order valence-corrected chi connectivity index (χ2v) is 4.44. The van der Waals surface area contributed by atoms with Gasteiger partial charge in [0.1, 0.15) is 6.10 Å². The maximum absolute atomic E-state index is 11.7. The van der Waals surface area contributed by atoms with Crippen LogP contribution in [0.25, 0.3) is 0 Å². The number of nitrogens with zero attached hydrogens (tertiary/aromatic N) is 2. The number of ether oxygens (including phenoxy) is 1. The average Bonchev–Trinajstić information content (AvgIpc) is 3.05. The van der Waals surface area contributed by atoms with Crippen molar-refractivity contribution in [2.75, 3.05) is 6.54 Å². The first-order valence-corrected chi connectivity index (χ1v) is 6.30. The van der Waals surface area contributed by atoms with Gasteiger partial charge in [-0.3, -0.25) is 9.48 Å². The van der Waals surface area contributed by atoms with Crippen LogP contribution >= 0.6 is 0 Å². The summed E-state index contributed by atoms with van der Waals surface area (Å²) in [6.07, 6.45) is 3.70. The molecule has 104 valence electrons. The monoisotopic (exact) mass is 267 g/mol. The molecule has 1 aliphatic heterocycles. The summed E-state index contributed by atoms with van der Waals surface area (Å²) < 4.78 is 6.95. The van der Waals surface area contributed by atoms with Crippen molar-refractivity contribution < 1.29 is 19.4 Å². The van der Waals surface area contributed by atoms with Gasteiger partial charge in [-0.1, -0.05) is 0 Å². The van der Waals surface area contributed by atoms with Gasteiger partial charge in [0, 0.05) is 25.5 Å². The molecule has 2 atom stereocenters. The molecule has 7 heteroatoms. The number of carbonyl (C=O) groups excluding carboxylic acids is 1. The van der Waals surface area contributed by atoms with Crippen molar-refractivity contribution in [2.24, 2.45) is 0 Å². The largest absolute Gasteiger partial charge is 0.479 e. The maximum Gasteiger partial charge on any atom is 0.332 e. The van der Waals surface area contributed by atoms with Crippen LogP contribution in [0.4, 0.5) is 0 Å². The predicted molar refractivity (Wildman–Crippen MR) is 65.4 cm³/mol. The summed E-state index contributed by atoms with van der Waals surface area (Å²) in [5.41, 5.74) is 0. The highest BCUT2D eigenvalue weighted by molar-refractivity contribution is 5.82. The fourth-order valence-corrected chi connectivity index (χ4v) is 2.01. The topological polar surface area (TPSA) is 93.4 Å². The number of carboxylic acid groups (broad SMARTS) is 1. The van der Waals surface area contributed by atoms with Gasteiger partial charge in [0.2, 0.25) is 5.91 Å². The Labute approximate surface area is 110 Å². The van der Waals surface area contributed by atoms with Crippen molar-refractivity contribution in [3.63, 3.8) is 0 Å². The molecule has 0 spiro atoms. The minimum absolute atomic E-state index is 0.232. The minimum atomic E-state index is -1.01. The van der Waals surface area contributed by atoms with E-state index in [1.165, 1.54) is 0 Å². The average molecular weight is 267 g/mol. The molecule has 2 rings (SSSR count). The minimum Gasteiger partial charge on any atom is -0.479 e. The van der Waals surface area contributed by atoms with Crippen molar-refractivity contribution >= 4 is 11.9 Å². The van der Waals surface area contributed by atoms with Crippen LogP contribution in [0, 0.1) is 0 Å². The van der Waals surface area contributed by atoms with E-state index in [2.05, 4.69) is 10.4 Å². The Morgan fingerprint density at radius 2 is 2.21 bits per heavy atom. The van der Waals surface area contributed by atoms with Crippen LogP contribution in [0.2, 0.25) is 0 Å². The molecule has 2 unspecified atom stereocenters. The van der Waals surface area contributed by atoms with Gasteiger partial charge in [0.05, 0.1) is 0 Å². The lowest BCUT2D eigenvalue weighted by molar-refractivity contribution is -0.151. The lowest BCUT2D eigenvalue weighted by Gasteiger charge is -2.11. The number of carboxylic acids is 1. The van der Waals surface area contributed by atoms with Gasteiger partial charge in [0.15, 0.2) is 6.10 Å². The van der Waals surface area contributed by atoms with Gasteiger partial charge in [-0.25, -0.2) is 4.79 Å². The van der Waals surface area contributed by atoms with Crippen LogP contribution < -0.4 is 5.32 Å². The molecule has 0 radical (unpaired) electrons. The van der Waals surface area contributed by atoms with E-state index in [0.717, 1.165) is 13.0 Å².